The Hall–Kier alpha value is -1.79. The summed E-state index contributed by atoms with van der Waals surface area (Å²) in [5.74, 6) is -0.276. The SMILES string of the molecule is O=C(NC1CCS(=O)(=O)c2ccccc21)c1cc(Cl)c[nH]1. The Balaban J connectivity index is 1.89. The predicted molar refractivity (Wildman–Crippen MR) is 79.1 cm³/mol. The summed E-state index contributed by atoms with van der Waals surface area (Å²) in [6, 6.07) is 7.98. The number of benzene rings is 1. The fourth-order valence-electron chi connectivity index (χ4n) is 2.48. The average molecular weight is 325 g/mol. The number of sulfone groups is 1. The van der Waals surface area contributed by atoms with Crippen LogP contribution in [-0.2, 0) is 9.84 Å². The normalized spacial score (nSPS) is 19.8. The summed E-state index contributed by atoms with van der Waals surface area (Å²) in [5.41, 5.74) is 0.987. The molecule has 1 aliphatic rings. The highest BCUT2D eigenvalue weighted by atomic mass is 35.5. The lowest BCUT2D eigenvalue weighted by molar-refractivity contribution is 0.0930. The second kappa shape index (κ2) is 5.20. The minimum absolute atomic E-state index is 0.0282. The minimum atomic E-state index is -3.25. The molecule has 0 bridgehead atoms. The topological polar surface area (TPSA) is 79.0 Å². The Morgan fingerprint density at radius 3 is 2.81 bits per heavy atom. The van der Waals surface area contributed by atoms with Crippen LogP contribution in [-0.4, -0.2) is 25.1 Å². The van der Waals surface area contributed by atoms with Crippen LogP contribution in [0.25, 0.3) is 0 Å². The van der Waals surface area contributed by atoms with Crippen LogP contribution in [0.5, 0.6) is 0 Å². The van der Waals surface area contributed by atoms with Gasteiger partial charge in [-0.1, -0.05) is 29.8 Å². The van der Waals surface area contributed by atoms with Crippen LogP contribution in [0.4, 0.5) is 0 Å². The third-order valence-corrected chi connectivity index (χ3v) is 5.54. The number of aromatic amines is 1. The van der Waals surface area contributed by atoms with Crippen molar-refractivity contribution in [2.45, 2.75) is 17.4 Å². The van der Waals surface area contributed by atoms with E-state index >= 15 is 0 Å². The van der Waals surface area contributed by atoms with Crippen LogP contribution in [0.2, 0.25) is 5.02 Å². The molecule has 1 amide bonds. The molecule has 3 rings (SSSR count). The first-order chi connectivity index (χ1) is 9.97. The van der Waals surface area contributed by atoms with Gasteiger partial charge in [0.15, 0.2) is 9.84 Å². The lowest BCUT2D eigenvalue weighted by atomic mass is 10.0. The van der Waals surface area contributed by atoms with Gasteiger partial charge in [0.2, 0.25) is 0 Å². The number of H-pyrrole nitrogens is 1. The van der Waals surface area contributed by atoms with Gasteiger partial charge in [0, 0.05) is 6.20 Å². The highest BCUT2D eigenvalue weighted by Crippen LogP contribution is 2.32. The second-order valence-electron chi connectivity index (χ2n) is 4.90. The molecule has 0 aliphatic carbocycles. The highest BCUT2D eigenvalue weighted by molar-refractivity contribution is 7.91. The highest BCUT2D eigenvalue weighted by Gasteiger charge is 2.31. The molecule has 21 heavy (non-hydrogen) atoms. The molecule has 0 spiro atoms. The maximum Gasteiger partial charge on any atom is 0.268 e. The zero-order chi connectivity index (χ0) is 15.0. The van der Waals surface area contributed by atoms with Gasteiger partial charge in [-0.25, -0.2) is 8.42 Å². The van der Waals surface area contributed by atoms with E-state index in [0.29, 0.717) is 27.6 Å². The van der Waals surface area contributed by atoms with Crippen LogP contribution in [0.1, 0.15) is 28.5 Å². The van der Waals surface area contributed by atoms with Crippen molar-refractivity contribution in [3.63, 3.8) is 0 Å². The molecule has 0 saturated heterocycles. The molecule has 0 radical (unpaired) electrons. The Bertz CT molecular complexity index is 798. The molecule has 2 heterocycles. The van der Waals surface area contributed by atoms with Gasteiger partial charge in [-0.2, -0.15) is 0 Å². The van der Waals surface area contributed by atoms with Gasteiger partial charge in [-0.3, -0.25) is 4.79 Å². The van der Waals surface area contributed by atoms with Crippen LogP contribution < -0.4 is 5.32 Å². The predicted octanol–water partition coefficient (Wildman–Crippen LogP) is 2.32. The average Bonchev–Trinajstić information content (AvgIpc) is 2.89. The van der Waals surface area contributed by atoms with E-state index in [1.807, 2.05) is 0 Å². The molecule has 5 nitrogen and oxygen atoms in total. The lowest BCUT2D eigenvalue weighted by Crippen LogP contribution is -2.34. The van der Waals surface area contributed by atoms with Crippen LogP contribution >= 0.6 is 11.6 Å². The third kappa shape index (κ3) is 2.69. The minimum Gasteiger partial charge on any atom is -0.356 e. The first-order valence-corrected chi connectivity index (χ1v) is 8.47. The molecule has 2 N–H and O–H groups in total. The monoisotopic (exact) mass is 324 g/mol. The van der Waals surface area contributed by atoms with Crippen LogP contribution in [0.3, 0.4) is 0 Å². The van der Waals surface area contributed by atoms with E-state index in [1.165, 1.54) is 12.3 Å². The van der Waals surface area contributed by atoms with E-state index in [1.54, 1.807) is 24.3 Å². The molecule has 1 unspecified atom stereocenters. The number of nitrogens with one attached hydrogen (secondary N) is 2. The van der Waals surface area contributed by atoms with Crippen molar-refractivity contribution >= 4 is 27.3 Å². The van der Waals surface area contributed by atoms with E-state index in [4.69, 9.17) is 11.6 Å². The molecule has 7 heteroatoms. The van der Waals surface area contributed by atoms with E-state index < -0.39 is 9.84 Å². The Labute approximate surface area is 127 Å². The van der Waals surface area contributed by atoms with Gasteiger partial charge in [-0.05, 0) is 24.1 Å². The zero-order valence-electron chi connectivity index (χ0n) is 11.0. The van der Waals surface area contributed by atoms with Gasteiger partial charge in [0.1, 0.15) is 5.69 Å². The number of rotatable bonds is 2. The molecular formula is C14H13ClN2O3S. The van der Waals surface area contributed by atoms with Crippen molar-refractivity contribution in [1.29, 1.82) is 0 Å². The first-order valence-electron chi connectivity index (χ1n) is 6.44. The van der Waals surface area contributed by atoms with Crippen molar-refractivity contribution in [2.24, 2.45) is 0 Å². The Morgan fingerprint density at radius 1 is 1.33 bits per heavy atom. The third-order valence-electron chi connectivity index (χ3n) is 3.50. The first kappa shape index (κ1) is 14.2. The quantitative estimate of drug-likeness (QED) is 0.889. The number of aromatic nitrogens is 1. The van der Waals surface area contributed by atoms with Crippen LogP contribution in [0, 0.1) is 0 Å². The van der Waals surface area contributed by atoms with E-state index in [2.05, 4.69) is 10.3 Å². The summed E-state index contributed by atoms with van der Waals surface area (Å²) in [4.78, 5) is 15.2. The van der Waals surface area contributed by atoms with Crippen molar-refractivity contribution in [3.8, 4) is 0 Å². The van der Waals surface area contributed by atoms with Gasteiger partial charge in [-0.15, -0.1) is 0 Å². The zero-order valence-corrected chi connectivity index (χ0v) is 12.5. The maximum atomic E-state index is 12.1. The Kier molecular flexibility index (Phi) is 3.51. The smallest absolute Gasteiger partial charge is 0.268 e. The van der Waals surface area contributed by atoms with Crippen molar-refractivity contribution in [3.05, 3.63) is 52.8 Å². The second-order valence-corrected chi connectivity index (χ2v) is 7.42. The van der Waals surface area contributed by atoms with Crippen molar-refractivity contribution in [2.75, 3.05) is 5.75 Å². The standard InChI is InChI=1S/C14H13ClN2O3S/c15-9-7-12(16-8-9)14(18)17-11-5-6-21(19,20)13-4-2-1-3-10(11)13/h1-4,7-8,11,16H,5-6H2,(H,17,18). The van der Waals surface area contributed by atoms with Crippen molar-refractivity contribution in [1.82, 2.24) is 10.3 Å². The molecule has 110 valence electrons. The van der Waals surface area contributed by atoms with Gasteiger partial charge >= 0.3 is 0 Å². The number of amides is 1. The number of hydrogen-bond acceptors (Lipinski definition) is 3. The van der Waals surface area contributed by atoms with Gasteiger partial charge in [0.05, 0.1) is 21.7 Å². The molecule has 1 aliphatic heterocycles. The lowest BCUT2D eigenvalue weighted by Gasteiger charge is -2.26. The summed E-state index contributed by atoms with van der Waals surface area (Å²) >= 11 is 5.78. The van der Waals surface area contributed by atoms with Crippen molar-refractivity contribution < 1.29 is 13.2 Å². The van der Waals surface area contributed by atoms with Crippen LogP contribution in [0.15, 0.2) is 41.4 Å². The largest absolute Gasteiger partial charge is 0.356 e. The fourth-order valence-corrected chi connectivity index (χ4v) is 4.26. The number of fused-ring (bicyclic) bond motifs is 1. The maximum absolute atomic E-state index is 12.1. The molecule has 0 saturated carbocycles. The molecular weight excluding hydrogens is 312 g/mol. The molecule has 0 fully saturated rings. The molecule has 2 aromatic rings. The number of halogens is 1. The van der Waals surface area contributed by atoms with E-state index in [-0.39, 0.29) is 17.7 Å². The van der Waals surface area contributed by atoms with E-state index in [9.17, 15) is 13.2 Å². The Morgan fingerprint density at radius 2 is 2.10 bits per heavy atom. The fraction of sp³-hybridized carbons (Fsp3) is 0.214. The summed E-state index contributed by atoms with van der Waals surface area (Å²) in [6.45, 7) is 0. The summed E-state index contributed by atoms with van der Waals surface area (Å²) in [5, 5.41) is 3.30. The molecule has 1 aromatic heterocycles. The summed E-state index contributed by atoms with van der Waals surface area (Å²) < 4.78 is 24.1. The number of carbonyl (C=O) groups is 1. The molecule has 1 atom stereocenters. The number of hydrogen-bond donors (Lipinski definition) is 2. The molecule has 1 aromatic carbocycles. The van der Waals surface area contributed by atoms with Gasteiger partial charge in [0.25, 0.3) is 5.91 Å². The van der Waals surface area contributed by atoms with E-state index in [0.717, 1.165) is 0 Å². The number of carbonyl (C=O) groups excluding carboxylic acids is 1. The summed E-state index contributed by atoms with van der Waals surface area (Å²) in [6.07, 6.45) is 1.88. The summed E-state index contributed by atoms with van der Waals surface area (Å²) in [7, 11) is -3.25. The van der Waals surface area contributed by atoms with Gasteiger partial charge < -0.3 is 10.3 Å².